The van der Waals surface area contributed by atoms with Crippen LogP contribution in [0.1, 0.15) is 26.3 Å². The molecule has 0 aromatic heterocycles. The van der Waals surface area contributed by atoms with E-state index in [1.165, 1.54) is 12.8 Å². The van der Waals surface area contributed by atoms with Crippen LogP contribution in [0.25, 0.3) is 0 Å². The molecule has 0 aliphatic carbocycles. The lowest BCUT2D eigenvalue weighted by atomic mass is 10.0. The second-order valence-corrected chi connectivity index (χ2v) is 4.51. The molecule has 14 heavy (non-hydrogen) atoms. The zero-order valence-electron chi connectivity index (χ0n) is 8.43. The molecular formula is C11H12IO2. The van der Waals surface area contributed by atoms with Crippen LogP contribution in [0.5, 0.6) is 5.75 Å². The van der Waals surface area contributed by atoms with Crippen molar-refractivity contribution in [3.63, 3.8) is 0 Å². The number of hydrogen-bond donors (Lipinski definition) is 0. The van der Waals surface area contributed by atoms with E-state index < -0.39 is 0 Å². The van der Waals surface area contributed by atoms with Gasteiger partial charge in [0.05, 0.1) is 0 Å². The molecule has 0 fully saturated rings. The normalized spacial score (nSPS) is 10.4. The molecule has 0 saturated heterocycles. The molecule has 0 saturated carbocycles. The number of carbonyl (C=O) groups excluding carboxylic acids is 1. The predicted molar refractivity (Wildman–Crippen MR) is 64.2 cm³/mol. The standard InChI is InChI=1S/C11H12IO2/c1-7(2)9-4-10(12)6-11(5-9)14-8(3)13/h4-6H,1-3H3. The van der Waals surface area contributed by atoms with Crippen LogP contribution in [0.4, 0.5) is 0 Å². The summed E-state index contributed by atoms with van der Waals surface area (Å²) in [5, 5.41) is 0. The first-order valence-corrected chi connectivity index (χ1v) is 5.36. The number of ether oxygens (including phenoxy) is 1. The first kappa shape index (κ1) is 11.5. The molecule has 75 valence electrons. The topological polar surface area (TPSA) is 26.3 Å². The number of carbonyl (C=O) groups is 1. The van der Waals surface area contributed by atoms with Gasteiger partial charge in [0.15, 0.2) is 0 Å². The maximum absolute atomic E-state index is 10.8. The third-order valence-electron chi connectivity index (χ3n) is 1.71. The Kier molecular flexibility index (Phi) is 3.92. The van der Waals surface area contributed by atoms with Crippen molar-refractivity contribution in [2.75, 3.05) is 0 Å². The lowest BCUT2D eigenvalue weighted by Gasteiger charge is -2.08. The second kappa shape index (κ2) is 4.77. The highest BCUT2D eigenvalue weighted by Crippen LogP contribution is 2.23. The molecule has 0 unspecified atom stereocenters. The van der Waals surface area contributed by atoms with Gasteiger partial charge in [0.1, 0.15) is 5.75 Å². The van der Waals surface area contributed by atoms with Crippen molar-refractivity contribution < 1.29 is 9.53 Å². The summed E-state index contributed by atoms with van der Waals surface area (Å²) < 4.78 is 6.10. The number of rotatable bonds is 2. The van der Waals surface area contributed by atoms with E-state index in [0.717, 1.165) is 9.13 Å². The van der Waals surface area contributed by atoms with Gasteiger partial charge in [-0.05, 0) is 52.3 Å². The van der Waals surface area contributed by atoms with Crippen molar-refractivity contribution in [2.24, 2.45) is 0 Å². The van der Waals surface area contributed by atoms with Crippen LogP contribution in [0, 0.1) is 9.49 Å². The maximum Gasteiger partial charge on any atom is 0.308 e. The Morgan fingerprint density at radius 3 is 2.36 bits per heavy atom. The summed E-state index contributed by atoms with van der Waals surface area (Å²) in [6.07, 6.45) is 0. The minimum Gasteiger partial charge on any atom is -0.427 e. The fourth-order valence-corrected chi connectivity index (χ4v) is 1.72. The highest BCUT2D eigenvalue weighted by molar-refractivity contribution is 14.1. The van der Waals surface area contributed by atoms with Crippen molar-refractivity contribution in [3.8, 4) is 5.75 Å². The summed E-state index contributed by atoms with van der Waals surface area (Å²) in [4.78, 5) is 10.8. The molecule has 0 atom stereocenters. The van der Waals surface area contributed by atoms with Gasteiger partial charge in [-0.15, -0.1) is 0 Å². The Hall–Kier alpha value is -0.580. The first-order chi connectivity index (χ1) is 6.49. The lowest BCUT2D eigenvalue weighted by Crippen LogP contribution is -2.02. The molecule has 0 amide bonds. The molecule has 0 spiro atoms. The molecular weight excluding hydrogens is 291 g/mol. The molecule has 0 heterocycles. The van der Waals surface area contributed by atoms with E-state index in [0.29, 0.717) is 5.75 Å². The largest absolute Gasteiger partial charge is 0.427 e. The molecule has 1 rings (SSSR count). The molecule has 2 nitrogen and oxygen atoms in total. The smallest absolute Gasteiger partial charge is 0.308 e. The van der Waals surface area contributed by atoms with Crippen LogP contribution >= 0.6 is 22.6 Å². The zero-order valence-corrected chi connectivity index (χ0v) is 10.6. The number of benzene rings is 1. The quantitative estimate of drug-likeness (QED) is 0.476. The van der Waals surface area contributed by atoms with Gasteiger partial charge in [-0.3, -0.25) is 4.79 Å². The van der Waals surface area contributed by atoms with E-state index in [4.69, 9.17) is 4.74 Å². The summed E-state index contributed by atoms with van der Waals surface area (Å²) in [5.41, 5.74) is 1.10. The highest BCUT2D eigenvalue weighted by atomic mass is 127. The number of halogens is 1. The third-order valence-corrected chi connectivity index (χ3v) is 2.33. The molecule has 3 heteroatoms. The fourth-order valence-electron chi connectivity index (χ4n) is 1.08. The van der Waals surface area contributed by atoms with E-state index in [-0.39, 0.29) is 5.97 Å². The Balaban J connectivity index is 3.01. The van der Waals surface area contributed by atoms with Crippen molar-refractivity contribution in [3.05, 3.63) is 33.3 Å². The molecule has 0 bridgehead atoms. The van der Waals surface area contributed by atoms with Crippen molar-refractivity contribution in [1.29, 1.82) is 0 Å². The summed E-state index contributed by atoms with van der Waals surface area (Å²) in [7, 11) is 0. The molecule has 1 radical (unpaired) electrons. The van der Waals surface area contributed by atoms with E-state index in [9.17, 15) is 4.79 Å². The van der Waals surface area contributed by atoms with Crippen LogP contribution in [0.3, 0.4) is 0 Å². The predicted octanol–water partition coefficient (Wildman–Crippen LogP) is 3.18. The zero-order chi connectivity index (χ0) is 10.7. The summed E-state index contributed by atoms with van der Waals surface area (Å²) in [5.74, 6) is 1.53. The highest BCUT2D eigenvalue weighted by Gasteiger charge is 2.05. The average Bonchev–Trinajstić information content (AvgIpc) is 2.01. The SMILES string of the molecule is C[C](C)c1cc(I)cc(OC(C)=O)c1. The van der Waals surface area contributed by atoms with E-state index >= 15 is 0 Å². The van der Waals surface area contributed by atoms with Gasteiger partial charge in [-0.1, -0.05) is 13.8 Å². The fraction of sp³-hybridized carbons (Fsp3) is 0.273. The van der Waals surface area contributed by atoms with E-state index in [1.54, 1.807) is 0 Å². The van der Waals surface area contributed by atoms with Crippen LogP contribution in [-0.4, -0.2) is 5.97 Å². The van der Waals surface area contributed by atoms with Gasteiger partial charge in [0, 0.05) is 10.5 Å². The molecule has 1 aromatic rings. The molecule has 0 aliphatic heterocycles. The van der Waals surface area contributed by atoms with Crippen LogP contribution in [0.2, 0.25) is 0 Å². The van der Waals surface area contributed by atoms with Gasteiger partial charge in [0.25, 0.3) is 0 Å². The van der Waals surface area contributed by atoms with E-state index in [2.05, 4.69) is 28.7 Å². The van der Waals surface area contributed by atoms with Crippen molar-refractivity contribution in [1.82, 2.24) is 0 Å². The average molecular weight is 303 g/mol. The van der Waals surface area contributed by atoms with Crippen LogP contribution < -0.4 is 4.74 Å². The second-order valence-electron chi connectivity index (χ2n) is 3.27. The minimum atomic E-state index is -0.285. The molecule has 0 aliphatic rings. The molecule has 0 N–H and O–H groups in total. The number of hydrogen-bond acceptors (Lipinski definition) is 2. The Bertz CT molecular complexity index is 345. The van der Waals surface area contributed by atoms with Gasteiger partial charge in [-0.2, -0.15) is 0 Å². The van der Waals surface area contributed by atoms with Crippen LogP contribution in [0.15, 0.2) is 18.2 Å². The van der Waals surface area contributed by atoms with E-state index in [1.807, 2.05) is 26.0 Å². The third kappa shape index (κ3) is 3.29. The lowest BCUT2D eigenvalue weighted by molar-refractivity contribution is -0.131. The Labute approximate surface area is 97.8 Å². The summed E-state index contributed by atoms with van der Waals surface area (Å²) in [6.45, 7) is 5.47. The minimum absolute atomic E-state index is 0.285. The van der Waals surface area contributed by atoms with Gasteiger partial charge in [0.2, 0.25) is 0 Å². The number of esters is 1. The van der Waals surface area contributed by atoms with Crippen molar-refractivity contribution >= 4 is 28.6 Å². The maximum atomic E-state index is 10.8. The van der Waals surface area contributed by atoms with Gasteiger partial charge < -0.3 is 4.74 Å². The Morgan fingerprint density at radius 2 is 1.86 bits per heavy atom. The Morgan fingerprint density at radius 1 is 1.21 bits per heavy atom. The molecule has 1 aromatic carbocycles. The van der Waals surface area contributed by atoms with Gasteiger partial charge >= 0.3 is 5.97 Å². The summed E-state index contributed by atoms with van der Waals surface area (Å²) >= 11 is 2.21. The van der Waals surface area contributed by atoms with Crippen molar-refractivity contribution in [2.45, 2.75) is 20.8 Å². The van der Waals surface area contributed by atoms with Crippen LogP contribution in [-0.2, 0) is 4.79 Å². The summed E-state index contributed by atoms with van der Waals surface area (Å²) in [6, 6.07) is 5.77. The monoisotopic (exact) mass is 303 g/mol. The first-order valence-electron chi connectivity index (χ1n) is 4.28. The van der Waals surface area contributed by atoms with Gasteiger partial charge in [-0.25, -0.2) is 0 Å².